The second-order valence-electron chi connectivity index (χ2n) is 13.0. The largest absolute Gasteiger partial charge is 0.584 e. The first-order valence-electron chi connectivity index (χ1n) is 15.9. The minimum atomic E-state index is -5.27. The first-order chi connectivity index (χ1) is 23.3. The second kappa shape index (κ2) is 11.8. The molecule has 0 fully saturated rings. The zero-order valence-corrected chi connectivity index (χ0v) is 27.2. The average molecular weight is 727 g/mol. The number of fused-ring (bicyclic) bond motifs is 7. The minimum Gasteiger partial charge on any atom is -0.394 e. The van der Waals surface area contributed by atoms with Crippen LogP contribution in [0.4, 0.5) is 39.5 Å². The lowest BCUT2D eigenvalue weighted by Crippen LogP contribution is -2.12. The third-order valence-electron chi connectivity index (χ3n) is 9.48. The summed E-state index contributed by atoms with van der Waals surface area (Å²) in [4.78, 5) is 11.2. The van der Waals surface area contributed by atoms with Crippen LogP contribution in [0, 0.1) is 6.92 Å². The van der Waals surface area contributed by atoms with E-state index in [2.05, 4.69) is 0 Å². The summed E-state index contributed by atoms with van der Waals surface area (Å²) in [5.41, 5.74) is -1.50. The maximum atomic E-state index is 14.0. The summed E-state index contributed by atoms with van der Waals surface area (Å²) >= 11 is 0. The molecule has 1 aliphatic heterocycles. The smallest absolute Gasteiger partial charge is 0.394 e. The van der Waals surface area contributed by atoms with Crippen molar-refractivity contribution in [3.63, 3.8) is 0 Å². The van der Waals surface area contributed by atoms with Gasteiger partial charge in [0.2, 0.25) is 0 Å². The van der Waals surface area contributed by atoms with Crippen molar-refractivity contribution in [1.82, 2.24) is 0 Å². The molecule has 2 aliphatic carbocycles. The Morgan fingerprint density at radius 3 is 1.36 bits per heavy atom. The van der Waals surface area contributed by atoms with E-state index >= 15 is 0 Å². The van der Waals surface area contributed by atoms with Gasteiger partial charge in [-0.25, -0.2) is 4.57 Å². The van der Waals surface area contributed by atoms with Crippen molar-refractivity contribution in [2.24, 2.45) is 0 Å². The Morgan fingerprint density at radius 1 is 0.560 bits per heavy atom. The van der Waals surface area contributed by atoms with Crippen molar-refractivity contribution in [2.75, 3.05) is 0 Å². The Balaban J connectivity index is 1.62. The average Bonchev–Trinajstić information content (AvgIpc) is 3.15. The number of halogens is 9. The van der Waals surface area contributed by atoms with Crippen LogP contribution < -0.4 is 9.05 Å². The number of phosphoric acid groups is 1. The van der Waals surface area contributed by atoms with E-state index in [0.29, 0.717) is 73.8 Å². The van der Waals surface area contributed by atoms with E-state index in [-0.39, 0.29) is 45.2 Å². The fraction of sp³-hybridized carbons (Fsp3) is 0.333. The molecule has 4 nitrogen and oxygen atoms in total. The van der Waals surface area contributed by atoms with Gasteiger partial charge in [0.1, 0.15) is 11.5 Å². The molecule has 264 valence electrons. The SMILES string of the molecule is Cc1cc(-c2cc3c(c4c2OP(=O)(O)Oc2c(-c5cc(C(F)(F)F)cc(C(F)(F)F)c5)cc5c(c2-4)CCCC5)CCCC3)cc(C(F)(F)F)c1. The molecule has 0 amide bonds. The number of hydrogen-bond acceptors (Lipinski definition) is 3. The molecule has 0 bridgehead atoms. The Labute approximate surface area is 280 Å². The van der Waals surface area contributed by atoms with Gasteiger partial charge in [0.05, 0.1) is 16.7 Å². The standard InChI is InChI=1S/C36H28F9O4P/c1-18-10-21(12-23(11-18)34(37,38)39)28-15-19-6-2-4-8-26(19)30-31-27-9-5-3-7-20(27)16-29(33(31)49-50(46,47)48-32(28)30)22-13-24(35(40,41)42)17-25(14-22)36(43,44)45/h10-17H,2-9H2,1H3,(H,46,47). The van der Waals surface area contributed by atoms with Gasteiger partial charge in [-0.05, 0) is 140 Å². The lowest BCUT2D eigenvalue weighted by atomic mass is 9.77. The molecule has 0 radical (unpaired) electrons. The highest BCUT2D eigenvalue weighted by Crippen LogP contribution is 2.62. The van der Waals surface area contributed by atoms with Crippen molar-refractivity contribution in [1.29, 1.82) is 0 Å². The highest BCUT2D eigenvalue weighted by atomic mass is 31.2. The maximum Gasteiger partial charge on any atom is 0.584 e. The summed E-state index contributed by atoms with van der Waals surface area (Å²) in [5.74, 6) is -0.660. The normalized spacial score (nSPS) is 18.9. The molecule has 0 saturated carbocycles. The maximum absolute atomic E-state index is 14.0. The number of rotatable bonds is 2. The lowest BCUT2D eigenvalue weighted by molar-refractivity contribution is -0.143. The van der Waals surface area contributed by atoms with Crippen molar-refractivity contribution < 1.29 is 58.0 Å². The van der Waals surface area contributed by atoms with Crippen LogP contribution in [0.15, 0.2) is 48.5 Å². The van der Waals surface area contributed by atoms with Gasteiger partial charge in [-0.3, -0.25) is 4.89 Å². The molecule has 1 heterocycles. The highest BCUT2D eigenvalue weighted by molar-refractivity contribution is 7.48. The number of phosphoric ester groups is 1. The first kappa shape index (κ1) is 34.5. The van der Waals surface area contributed by atoms with E-state index in [1.807, 2.05) is 0 Å². The van der Waals surface area contributed by atoms with Crippen LogP contribution in [0.2, 0.25) is 0 Å². The summed E-state index contributed by atoms with van der Waals surface area (Å²) in [6.07, 6.45) is -10.6. The Bertz CT molecular complexity index is 2070. The van der Waals surface area contributed by atoms with Crippen LogP contribution in [0.1, 0.15) is 70.2 Å². The molecule has 4 aromatic carbocycles. The molecule has 0 spiro atoms. The highest BCUT2D eigenvalue weighted by Gasteiger charge is 2.42. The molecule has 0 saturated heterocycles. The molecule has 4 aromatic rings. The van der Waals surface area contributed by atoms with E-state index in [1.165, 1.54) is 19.1 Å². The molecular formula is C36H28F9O4P. The van der Waals surface area contributed by atoms with E-state index in [9.17, 15) is 49.0 Å². The van der Waals surface area contributed by atoms with Gasteiger partial charge in [0.15, 0.2) is 0 Å². The predicted molar refractivity (Wildman–Crippen MR) is 167 cm³/mol. The monoisotopic (exact) mass is 726 g/mol. The van der Waals surface area contributed by atoms with Crippen LogP contribution in [-0.2, 0) is 48.8 Å². The molecule has 50 heavy (non-hydrogen) atoms. The number of benzene rings is 4. The second-order valence-corrected chi connectivity index (χ2v) is 14.3. The third-order valence-corrected chi connectivity index (χ3v) is 10.3. The molecule has 0 aromatic heterocycles. The van der Waals surface area contributed by atoms with Crippen molar-refractivity contribution in [3.8, 4) is 44.9 Å². The van der Waals surface area contributed by atoms with E-state index in [4.69, 9.17) is 9.05 Å². The summed E-state index contributed by atoms with van der Waals surface area (Å²) in [6.45, 7) is 1.47. The van der Waals surface area contributed by atoms with Crippen LogP contribution in [0.3, 0.4) is 0 Å². The number of aryl methyl sites for hydroxylation is 3. The van der Waals surface area contributed by atoms with Gasteiger partial charge in [-0.15, -0.1) is 0 Å². The van der Waals surface area contributed by atoms with Gasteiger partial charge in [-0.2, -0.15) is 39.5 Å². The van der Waals surface area contributed by atoms with Gasteiger partial charge < -0.3 is 9.05 Å². The molecule has 7 rings (SSSR count). The molecule has 1 unspecified atom stereocenters. The molecule has 3 aliphatic rings. The summed E-state index contributed by atoms with van der Waals surface area (Å²) in [6, 6.07) is 7.45. The summed E-state index contributed by atoms with van der Waals surface area (Å²) in [7, 11) is -5.27. The number of hydrogen-bond donors (Lipinski definition) is 1. The molecule has 14 heteroatoms. The van der Waals surface area contributed by atoms with Crippen LogP contribution in [0.25, 0.3) is 33.4 Å². The summed E-state index contributed by atoms with van der Waals surface area (Å²) in [5, 5.41) is 0. The number of alkyl halides is 9. The predicted octanol–water partition coefficient (Wildman–Crippen LogP) is 11.7. The third kappa shape index (κ3) is 6.27. The van der Waals surface area contributed by atoms with E-state index < -0.39 is 54.4 Å². The minimum absolute atomic E-state index is 0.00348. The van der Waals surface area contributed by atoms with Gasteiger partial charge >= 0.3 is 26.4 Å². The quantitative estimate of drug-likeness (QED) is 0.165. The van der Waals surface area contributed by atoms with Crippen LogP contribution >= 0.6 is 7.82 Å². The zero-order valence-electron chi connectivity index (χ0n) is 26.3. The van der Waals surface area contributed by atoms with E-state index in [0.717, 1.165) is 24.1 Å². The topological polar surface area (TPSA) is 55.8 Å². The van der Waals surface area contributed by atoms with Crippen LogP contribution in [-0.4, -0.2) is 4.89 Å². The fourth-order valence-electron chi connectivity index (χ4n) is 7.38. The molecular weight excluding hydrogens is 698 g/mol. The fourth-order valence-corrected chi connectivity index (χ4v) is 8.26. The Morgan fingerprint density at radius 2 is 0.940 bits per heavy atom. The first-order valence-corrected chi connectivity index (χ1v) is 17.4. The molecule has 1 N–H and O–H groups in total. The van der Waals surface area contributed by atoms with Crippen molar-refractivity contribution in [2.45, 2.75) is 76.8 Å². The van der Waals surface area contributed by atoms with Crippen molar-refractivity contribution >= 4 is 7.82 Å². The summed E-state index contributed by atoms with van der Waals surface area (Å²) < 4.78 is 151. The van der Waals surface area contributed by atoms with Gasteiger partial charge in [0, 0.05) is 22.3 Å². The lowest BCUT2D eigenvalue weighted by Gasteiger charge is -2.28. The van der Waals surface area contributed by atoms with Crippen LogP contribution in [0.5, 0.6) is 11.5 Å². The Kier molecular flexibility index (Phi) is 8.14. The van der Waals surface area contributed by atoms with E-state index in [1.54, 1.807) is 6.07 Å². The molecule has 1 atom stereocenters. The van der Waals surface area contributed by atoms with Gasteiger partial charge in [-0.1, -0.05) is 6.07 Å². The van der Waals surface area contributed by atoms with Gasteiger partial charge in [0.25, 0.3) is 0 Å². The Hall–Kier alpha value is -3.96. The van der Waals surface area contributed by atoms with Crippen molar-refractivity contribution in [3.05, 3.63) is 93.0 Å². The zero-order chi connectivity index (χ0) is 36.0.